The summed E-state index contributed by atoms with van der Waals surface area (Å²) in [5.41, 5.74) is 1.78. The first kappa shape index (κ1) is 22.9. The Balaban J connectivity index is 2.15. The first-order chi connectivity index (χ1) is 14.1. The zero-order valence-electron chi connectivity index (χ0n) is 17.0. The number of carbonyl (C=O) groups excluding carboxylic acids is 2. The summed E-state index contributed by atoms with van der Waals surface area (Å²) in [7, 11) is -2.43. The number of nitriles is 1. The lowest BCUT2D eigenvalue weighted by molar-refractivity contribution is -0.133. The number of benzene rings is 2. The van der Waals surface area contributed by atoms with Crippen LogP contribution in [0.15, 0.2) is 47.4 Å². The molecule has 9 heteroatoms. The standard InChI is InChI=1S/C21H23N3O5S/c1-15-6-4-7-18(12-15)23-30(27,28)19-13-17(9-8-16(19)2)21(26)29-14-20(25)24(3)11-5-10-22/h4,6-9,12-13,23H,5,11,14H2,1-3H3. The second kappa shape index (κ2) is 9.89. The van der Waals surface area contributed by atoms with Gasteiger partial charge in [-0.3, -0.25) is 9.52 Å². The average Bonchev–Trinajstić information content (AvgIpc) is 2.69. The van der Waals surface area contributed by atoms with Crippen LogP contribution in [-0.4, -0.2) is 45.4 Å². The van der Waals surface area contributed by atoms with Gasteiger partial charge in [0.05, 0.1) is 22.9 Å². The zero-order chi connectivity index (χ0) is 22.3. The van der Waals surface area contributed by atoms with Crippen LogP contribution in [0.4, 0.5) is 5.69 Å². The van der Waals surface area contributed by atoms with Gasteiger partial charge in [0, 0.05) is 19.3 Å². The number of ether oxygens (including phenoxy) is 1. The second-order valence-electron chi connectivity index (χ2n) is 6.75. The third-order valence-electron chi connectivity index (χ3n) is 4.30. The summed E-state index contributed by atoms with van der Waals surface area (Å²) >= 11 is 0. The predicted octanol–water partition coefficient (Wildman–Crippen LogP) is 2.63. The fraction of sp³-hybridized carbons (Fsp3) is 0.286. The summed E-state index contributed by atoms with van der Waals surface area (Å²) in [6, 6.07) is 13.0. The number of aryl methyl sites for hydroxylation is 2. The van der Waals surface area contributed by atoms with Gasteiger partial charge in [0.25, 0.3) is 15.9 Å². The first-order valence-electron chi connectivity index (χ1n) is 9.12. The predicted molar refractivity (Wildman–Crippen MR) is 111 cm³/mol. The van der Waals surface area contributed by atoms with Crippen molar-refractivity contribution < 1.29 is 22.7 Å². The zero-order valence-corrected chi connectivity index (χ0v) is 17.8. The molecule has 0 aliphatic heterocycles. The number of rotatable bonds is 8. The monoisotopic (exact) mass is 429 g/mol. The molecular formula is C21H23N3O5S. The van der Waals surface area contributed by atoms with Crippen molar-refractivity contribution in [1.82, 2.24) is 4.90 Å². The third kappa shape index (κ3) is 6.06. The van der Waals surface area contributed by atoms with Gasteiger partial charge in [0.15, 0.2) is 6.61 Å². The highest BCUT2D eigenvalue weighted by molar-refractivity contribution is 7.92. The Hall–Kier alpha value is -3.38. The maximum absolute atomic E-state index is 12.8. The molecule has 1 N–H and O–H groups in total. The number of sulfonamides is 1. The molecule has 1 amide bonds. The van der Waals surface area contributed by atoms with Gasteiger partial charge in [0.2, 0.25) is 0 Å². The molecule has 0 saturated carbocycles. The van der Waals surface area contributed by atoms with Crippen molar-refractivity contribution in [3.63, 3.8) is 0 Å². The molecule has 30 heavy (non-hydrogen) atoms. The molecule has 0 radical (unpaired) electrons. The highest BCUT2D eigenvalue weighted by Crippen LogP contribution is 2.22. The van der Waals surface area contributed by atoms with Crippen molar-refractivity contribution in [2.24, 2.45) is 0 Å². The maximum atomic E-state index is 12.8. The first-order valence-corrected chi connectivity index (χ1v) is 10.6. The van der Waals surface area contributed by atoms with Crippen LogP contribution in [0.2, 0.25) is 0 Å². The van der Waals surface area contributed by atoms with E-state index in [1.807, 2.05) is 19.1 Å². The molecule has 0 aliphatic carbocycles. The molecule has 0 aliphatic rings. The van der Waals surface area contributed by atoms with E-state index in [-0.39, 0.29) is 23.4 Å². The van der Waals surface area contributed by atoms with E-state index in [2.05, 4.69) is 4.72 Å². The number of anilines is 1. The minimum atomic E-state index is -3.94. The van der Waals surface area contributed by atoms with Crippen LogP contribution in [0.3, 0.4) is 0 Å². The quantitative estimate of drug-likeness (QED) is 0.645. The molecule has 8 nitrogen and oxygen atoms in total. The summed E-state index contributed by atoms with van der Waals surface area (Å²) in [6.45, 7) is 3.19. The van der Waals surface area contributed by atoms with E-state index in [4.69, 9.17) is 10.00 Å². The normalized spacial score (nSPS) is 10.7. The molecule has 2 rings (SSSR count). The van der Waals surface area contributed by atoms with E-state index in [0.29, 0.717) is 11.3 Å². The van der Waals surface area contributed by atoms with Crippen molar-refractivity contribution in [2.75, 3.05) is 24.9 Å². The summed E-state index contributed by atoms with van der Waals surface area (Å²) in [6.07, 6.45) is 0.170. The number of hydrogen-bond donors (Lipinski definition) is 1. The summed E-state index contributed by atoms with van der Waals surface area (Å²) in [4.78, 5) is 25.5. The van der Waals surface area contributed by atoms with E-state index in [0.717, 1.165) is 5.56 Å². The van der Waals surface area contributed by atoms with Gasteiger partial charge in [-0.25, -0.2) is 13.2 Å². The molecule has 2 aromatic rings. The third-order valence-corrected chi connectivity index (χ3v) is 5.82. The maximum Gasteiger partial charge on any atom is 0.338 e. The Morgan fingerprint density at radius 1 is 1.17 bits per heavy atom. The SMILES string of the molecule is Cc1cccc(NS(=O)(=O)c2cc(C(=O)OCC(=O)N(C)CCC#N)ccc2C)c1. The van der Waals surface area contributed by atoms with Crippen LogP contribution in [-0.2, 0) is 19.6 Å². The molecule has 2 aromatic carbocycles. The summed E-state index contributed by atoms with van der Waals surface area (Å²) in [5.74, 6) is -1.27. The van der Waals surface area contributed by atoms with E-state index in [1.54, 1.807) is 25.1 Å². The van der Waals surface area contributed by atoms with Gasteiger partial charge < -0.3 is 9.64 Å². The molecule has 0 fully saturated rings. The van der Waals surface area contributed by atoms with Crippen LogP contribution in [0.1, 0.15) is 27.9 Å². The number of amides is 1. The molecule has 158 valence electrons. The highest BCUT2D eigenvalue weighted by Gasteiger charge is 2.21. The number of carbonyl (C=O) groups is 2. The van der Waals surface area contributed by atoms with Gasteiger partial charge in [-0.15, -0.1) is 0 Å². The number of nitrogens with one attached hydrogen (secondary N) is 1. The molecule has 0 aromatic heterocycles. The van der Waals surface area contributed by atoms with Crippen LogP contribution in [0.25, 0.3) is 0 Å². The fourth-order valence-electron chi connectivity index (χ4n) is 2.60. The Morgan fingerprint density at radius 3 is 2.57 bits per heavy atom. The van der Waals surface area contributed by atoms with Gasteiger partial charge in [-0.2, -0.15) is 5.26 Å². The van der Waals surface area contributed by atoms with Crippen LogP contribution in [0.5, 0.6) is 0 Å². The van der Waals surface area contributed by atoms with E-state index in [1.165, 1.54) is 30.1 Å². The molecule has 0 atom stereocenters. The average molecular weight is 429 g/mol. The van der Waals surface area contributed by atoms with E-state index < -0.39 is 28.5 Å². The number of hydrogen-bond acceptors (Lipinski definition) is 6. The van der Waals surface area contributed by atoms with Crippen molar-refractivity contribution in [3.05, 3.63) is 59.2 Å². The smallest absolute Gasteiger partial charge is 0.338 e. The minimum Gasteiger partial charge on any atom is -0.452 e. The number of esters is 1. The second-order valence-corrected chi connectivity index (χ2v) is 8.41. The molecule has 0 saturated heterocycles. The van der Waals surface area contributed by atoms with Crippen molar-refractivity contribution in [1.29, 1.82) is 5.26 Å². The van der Waals surface area contributed by atoms with E-state index in [9.17, 15) is 18.0 Å². The van der Waals surface area contributed by atoms with Crippen LogP contribution >= 0.6 is 0 Å². The van der Waals surface area contributed by atoms with Crippen LogP contribution < -0.4 is 4.72 Å². The Morgan fingerprint density at radius 2 is 1.90 bits per heavy atom. The Labute approximate surface area is 176 Å². The number of nitrogens with zero attached hydrogens (tertiary/aromatic N) is 2. The highest BCUT2D eigenvalue weighted by atomic mass is 32.2. The summed E-state index contributed by atoms with van der Waals surface area (Å²) < 4.78 is 33.1. The van der Waals surface area contributed by atoms with Gasteiger partial charge >= 0.3 is 5.97 Å². The van der Waals surface area contributed by atoms with Crippen LogP contribution in [0, 0.1) is 25.2 Å². The largest absolute Gasteiger partial charge is 0.452 e. The molecular weight excluding hydrogens is 406 g/mol. The van der Waals surface area contributed by atoms with Gasteiger partial charge in [0.1, 0.15) is 0 Å². The van der Waals surface area contributed by atoms with Gasteiger partial charge in [-0.05, 0) is 49.2 Å². The minimum absolute atomic E-state index is 0.0118. The van der Waals surface area contributed by atoms with Crippen molar-refractivity contribution >= 4 is 27.6 Å². The molecule has 0 spiro atoms. The van der Waals surface area contributed by atoms with Gasteiger partial charge in [-0.1, -0.05) is 18.2 Å². The summed E-state index contributed by atoms with van der Waals surface area (Å²) in [5, 5.41) is 8.56. The fourth-order valence-corrected chi connectivity index (χ4v) is 3.92. The lowest BCUT2D eigenvalue weighted by atomic mass is 10.1. The Kier molecular flexibility index (Phi) is 7.55. The molecule has 0 unspecified atom stereocenters. The van der Waals surface area contributed by atoms with Crippen molar-refractivity contribution in [2.45, 2.75) is 25.2 Å². The molecule has 0 bridgehead atoms. The number of likely N-dealkylation sites (N-methyl/N-ethyl adjacent to an activating group) is 1. The molecule has 0 heterocycles. The lowest BCUT2D eigenvalue weighted by Crippen LogP contribution is -2.32. The lowest BCUT2D eigenvalue weighted by Gasteiger charge is -2.15. The van der Waals surface area contributed by atoms with Crippen molar-refractivity contribution in [3.8, 4) is 6.07 Å². The Bertz CT molecular complexity index is 1090. The van der Waals surface area contributed by atoms with E-state index >= 15 is 0 Å². The topological polar surface area (TPSA) is 117 Å².